The predicted molar refractivity (Wildman–Crippen MR) is 130 cm³/mol. The maximum absolute atomic E-state index is 12.5. The Morgan fingerprint density at radius 1 is 1.19 bits per heavy atom. The van der Waals surface area contributed by atoms with Gasteiger partial charge in [-0.3, -0.25) is 9.79 Å². The van der Waals surface area contributed by atoms with Crippen molar-refractivity contribution < 1.29 is 4.79 Å². The van der Waals surface area contributed by atoms with Crippen LogP contribution in [0.1, 0.15) is 49.9 Å². The maximum Gasteiger partial charge on any atom is 0.224 e. The summed E-state index contributed by atoms with van der Waals surface area (Å²) in [6.07, 6.45) is 5.16. The van der Waals surface area contributed by atoms with Gasteiger partial charge in [0.25, 0.3) is 0 Å². The van der Waals surface area contributed by atoms with Gasteiger partial charge in [0.1, 0.15) is 0 Å². The quantitative estimate of drug-likeness (QED) is 0.713. The summed E-state index contributed by atoms with van der Waals surface area (Å²) in [6.45, 7) is 7.96. The Balaban J connectivity index is 1.74. The summed E-state index contributed by atoms with van der Waals surface area (Å²) in [5.41, 5.74) is 7.00. The van der Waals surface area contributed by atoms with E-state index in [9.17, 15) is 4.79 Å². The Morgan fingerprint density at radius 3 is 2.61 bits per heavy atom. The summed E-state index contributed by atoms with van der Waals surface area (Å²) in [4.78, 5) is 18.6. The molecule has 0 aliphatic carbocycles. The van der Waals surface area contributed by atoms with Gasteiger partial charge >= 0.3 is 0 Å². The van der Waals surface area contributed by atoms with Gasteiger partial charge in [0.2, 0.25) is 5.91 Å². The number of benzene rings is 2. The molecule has 2 aliphatic rings. The molecular formula is C26H32N4O. The van der Waals surface area contributed by atoms with Crippen LogP contribution in [0.5, 0.6) is 0 Å². The molecule has 1 unspecified atom stereocenters. The second kappa shape index (κ2) is 9.06. The van der Waals surface area contributed by atoms with Gasteiger partial charge in [0, 0.05) is 50.1 Å². The topological polar surface area (TPSA) is 56.7 Å². The summed E-state index contributed by atoms with van der Waals surface area (Å²) in [5.74, 6) is 0.349. The van der Waals surface area contributed by atoms with Crippen LogP contribution >= 0.6 is 0 Å². The van der Waals surface area contributed by atoms with Crippen molar-refractivity contribution >= 4 is 29.1 Å². The van der Waals surface area contributed by atoms with Gasteiger partial charge < -0.3 is 15.5 Å². The zero-order valence-corrected chi connectivity index (χ0v) is 18.9. The van der Waals surface area contributed by atoms with E-state index in [1.165, 1.54) is 16.7 Å². The van der Waals surface area contributed by atoms with E-state index >= 15 is 0 Å². The van der Waals surface area contributed by atoms with Gasteiger partial charge in [-0.2, -0.15) is 0 Å². The van der Waals surface area contributed by atoms with Crippen LogP contribution in [0.25, 0.3) is 5.57 Å². The van der Waals surface area contributed by atoms with E-state index in [0.29, 0.717) is 0 Å². The monoisotopic (exact) mass is 416 g/mol. The first-order valence-electron chi connectivity index (χ1n) is 11.1. The van der Waals surface area contributed by atoms with Crippen molar-refractivity contribution in [3.8, 4) is 0 Å². The van der Waals surface area contributed by atoms with E-state index < -0.39 is 0 Å². The fourth-order valence-corrected chi connectivity index (χ4v) is 4.78. The van der Waals surface area contributed by atoms with Crippen LogP contribution in [0.4, 0.5) is 11.4 Å². The lowest BCUT2D eigenvalue weighted by atomic mass is 9.81. The highest BCUT2D eigenvalue weighted by molar-refractivity contribution is 5.94. The number of carbonyl (C=O) groups is 1. The van der Waals surface area contributed by atoms with Crippen LogP contribution in [0.15, 0.2) is 53.5 Å². The van der Waals surface area contributed by atoms with E-state index in [-0.39, 0.29) is 23.9 Å². The zero-order valence-electron chi connectivity index (χ0n) is 18.9. The number of anilines is 2. The van der Waals surface area contributed by atoms with Crippen molar-refractivity contribution in [3.05, 3.63) is 65.2 Å². The van der Waals surface area contributed by atoms with Crippen LogP contribution < -0.4 is 15.5 Å². The molecule has 0 aromatic heterocycles. The van der Waals surface area contributed by atoms with Crippen LogP contribution in [-0.4, -0.2) is 38.3 Å². The molecule has 0 saturated carbocycles. The normalized spacial score (nSPS) is 23.4. The Hall–Kier alpha value is -2.92. The standard InChI is InChI=1S/C26H32N4O/c1-17-18(2)30(19(3)31)25-10-7-22(21-11-13-28-14-12-21)15-24(25)26(17)29-23-8-5-20(6-9-23)16-27-4/h5-11,15-18,26,28-29H,12-14H2,1-4H3/b27-16+/t17-,18-,26?/m0/s1. The highest BCUT2D eigenvalue weighted by atomic mass is 16.2. The first-order chi connectivity index (χ1) is 15.0. The molecule has 5 heteroatoms. The smallest absolute Gasteiger partial charge is 0.224 e. The Kier molecular flexibility index (Phi) is 6.23. The van der Waals surface area contributed by atoms with Gasteiger partial charge in [-0.15, -0.1) is 0 Å². The lowest BCUT2D eigenvalue weighted by Crippen LogP contribution is -2.48. The van der Waals surface area contributed by atoms with Crippen LogP contribution in [0.3, 0.4) is 0 Å². The number of amides is 1. The number of hydrogen-bond acceptors (Lipinski definition) is 4. The lowest BCUT2D eigenvalue weighted by Gasteiger charge is -2.44. The third kappa shape index (κ3) is 4.28. The van der Waals surface area contributed by atoms with Crippen molar-refractivity contribution in [3.63, 3.8) is 0 Å². The van der Waals surface area contributed by atoms with Crippen molar-refractivity contribution in [2.24, 2.45) is 10.9 Å². The minimum Gasteiger partial charge on any atom is -0.378 e. The molecular weight excluding hydrogens is 384 g/mol. The van der Waals surface area contributed by atoms with E-state index in [4.69, 9.17) is 0 Å². The van der Waals surface area contributed by atoms with Crippen molar-refractivity contribution in [1.29, 1.82) is 0 Å². The van der Waals surface area contributed by atoms with Gasteiger partial charge in [-0.05, 0) is 66.4 Å². The van der Waals surface area contributed by atoms with Crippen LogP contribution in [0, 0.1) is 5.92 Å². The fourth-order valence-electron chi connectivity index (χ4n) is 4.78. The van der Waals surface area contributed by atoms with Gasteiger partial charge in [0.05, 0.1) is 6.04 Å². The molecule has 3 atom stereocenters. The average Bonchev–Trinajstić information content (AvgIpc) is 2.78. The Bertz CT molecular complexity index is 1010. The number of fused-ring (bicyclic) bond motifs is 1. The Labute approximate surface area is 185 Å². The molecule has 2 aliphatic heterocycles. The van der Waals surface area contributed by atoms with Gasteiger partial charge in [-0.25, -0.2) is 0 Å². The molecule has 2 heterocycles. The van der Waals surface area contributed by atoms with E-state index in [1.807, 2.05) is 11.1 Å². The molecule has 1 amide bonds. The minimum atomic E-state index is 0.0936. The zero-order chi connectivity index (χ0) is 22.0. The first-order valence-corrected chi connectivity index (χ1v) is 11.1. The third-order valence-corrected chi connectivity index (χ3v) is 6.60. The summed E-state index contributed by atoms with van der Waals surface area (Å²) < 4.78 is 0. The number of rotatable bonds is 4. The summed E-state index contributed by atoms with van der Waals surface area (Å²) in [6, 6.07) is 15.2. The molecule has 162 valence electrons. The lowest BCUT2D eigenvalue weighted by molar-refractivity contribution is -0.117. The number of aliphatic imine (C=N–C) groups is 1. The van der Waals surface area contributed by atoms with Crippen molar-refractivity contribution in [1.82, 2.24) is 5.32 Å². The second-order valence-electron chi connectivity index (χ2n) is 8.58. The molecule has 5 nitrogen and oxygen atoms in total. The largest absolute Gasteiger partial charge is 0.378 e. The van der Waals surface area contributed by atoms with Crippen LogP contribution in [0.2, 0.25) is 0 Å². The molecule has 0 spiro atoms. The van der Waals surface area contributed by atoms with Gasteiger partial charge in [-0.1, -0.05) is 31.2 Å². The van der Waals surface area contributed by atoms with E-state index in [2.05, 4.69) is 78.0 Å². The molecule has 0 fully saturated rings. The Morgan fingerprint density at radius 2 is 1.97 bits per heavy atom. The molecule has 2 aromatic rings. The summed E-state index contributed by atoms with van der Waals surface area (Å²) >= 11 is 0. The minimum absolute atomic E-state index is 0.0936. The number of carbonyl (C=O) groups excluding carboxylic acids is 1. The highest BCUT2D eigenvalue weighted by Gasteiger charge is 2.38. The van der Waals surface area contributed by atoms with E-state index in [0.717, 1.165) is 36.4 Å². The fraction of sp³-hybridized carbons (Fsp3) is 0.385. The molecule has 0 bridgehead atoms. The molecule has 2 aromatic carbocycles. The molecule has 31 heavy (non-hydrogen) atoms. The second-order valence-corrected chi connectivity index (χ2v) is 8.58. The number of nitrogens with one attached hydrogen (secondary N) is 2. The number of hydrogen-bond donors (Lipinski definition) is 2. The number of nitrogens with zero attached hydrogens (tertiary/aromatic N) is 2. The van der Waals surface area contributed by atoms with E-state index in [1.54, 1.807) is 14.0 Å². The van der Waals surface area contributed by atoms with Crippen LogP contribution in [-0.2, 0) is 4.79 Å². The molecule has 0 radical (unpaired) electrons. The molecule has 2 N–H and O–H groups in total. The van der Waals surface area contributed by atoms with Gasteiger partial charge in [0.15, 0.2) is 0 Å². The average molecular weight is 417 g/mol. The highest BCUT2D eigenvalue weighted by Crippen LogP contribution is 2.43. The molecule has 0 saturated heterocycles. The maximum atomic E-state index is 12.5. The van der Waals surface area contributed by atoms with Crippen molar-refractivity contribution in [2.75, 3.05) is 30.4 Å². The summed E-state index contributed by atoms with van der Waals surface area (Å²) in [7, 11) is 1.78. The molecule has 4 rings (SSSR count). The SMILES string of the molecule is C/N=C/c1ccc(NC2c3cc(C4=CCNCC4)ccc3N(C(C)=O)[C@@H](C)[C@@H]2C)cc1. The van der Waals surface area contributed by atoms with Crippen molar-refractivity contribution in [2.45, 2.75) is 39.3 Å². The first kappa shape index (κ1) is 21.3. The predicted octanol–water partition coefficient (Wildman–Crippen LogP) is 4.66. The third-order valence-electron chi connectivity index (χ3n) is 6.60. The summed E-state index contributed by atoms with van der Waals surface area (Å²) in [5, 5.41) is 7.15.